The van der Waals surface area contributed by atoms with Crippen LogP contribution >= 0.6 is 0 Å². The minimum absolute atomic E-state index is 0.00281. The lowest BCUT2D eigenvalue weighted by molar-refractivity contribution is -0.139. The summed E-state index contributed by atoms with van der Waals surface area (Å²) in [7, 11) is 0. The summed E-state index contributed by atoms with van der Waals surface area (Å²) in [6, 6.07) is 32.3. The number of imide groups is 2. The van der Waals surface area contributed by atoms with E-state index in [0.29, 0.717) is 25.0 Å². The van der Waals surface area contributed by atoms with E-state index in [1.165, 1.54) is 0 Å². The van der Waals surface area contributed by atoms with Crippen LogP contribution in [0.1, 0.15) is 203 Å². The highest BCUT2D eigenvalue weighted by Gasteiger charge is 2.47. The number of fused-ring (bicyclic) bond motifs is 2. The summed E-state index contributed by atoms with van der Waals surface area (Å²) in [5, 5.41) is 8.26. The third-order valence-electron chi connectivity index (χ3n) is 21.5. The lowest BCUT2D eigenvalue weighted by Crippen LogP contribution is -2.55. The molecule has 2 aliphatic carbocycles. The van der Waals surface area contributed by atoms with E-state index in [1.807, 2.05) is 88.4 Å². The normalized spacial score (nSPS) is 15.1. The quantitative estimate of drug-likeness (QED) is 0.00993. The van der Waals surface area contributed by atoms with Crippen LogP contribution in [0.25, 0.3) is 43.1 Å². The minimum Gasteiger partial charge on any atom is -0.462 e. The van der Waals surface area contributed by atoms with Crippen LogP contribution in [0, 0.1) is 11.8 Å². The zero-order valence-corrected chi connectivity index (χ0v) is 65.7. The molecule has 586 valence electrons. The monoisotopic (exact) mass is 1530 g/mol. The lowest BCUT2D eigenvalue weighted by atomic mass is 9.80. The number of hydrogen-bond acceptors (Lipinski definition) is 16. The first kappa shape index (κ1) is 79.4. The summed E-state index contributed by atoms with van der Waals surface area (Å²) >= 11 is 0. The van der Waals surface area contributed by atoms with Gasteiger partial charge in [-0.25, -0.2) is 14.4 Å². The number of esters is 3. The summed E-state index contributed by atoms with van der Waals surface area (Å²) < 4.78 is 45.8. The molecule has 2 N–H and O–H groups in total. The Balaban J connectivity index is 1.14. The Morgan fingerprint density at radius 1 is 0.381 bits per heavy atom. The number of aryl methyl sites for hydroxylation is 1. The first-order valence-electron chi connectivity index (χ1n) is 39.6. The average Bonchev–Trinajstić information content (AvgIpc) is 0.670. The van der Waals surface area contributed by atoms with Gasteiger partial charge >= 0.3 is 17.9 Å². The van der Waals surface area contributed by atoms with Crippen LogP contribution in [0.4, 0.5) is 0 Å². The highest BCUT2D eigenvalue weighted by Crippen LogP contribution is 2.58. The molecule has 20 heteroatoms. The van der Waals surface area contributed by atoms with Gasteiger partial charge in [0, 0.05) is 91.2 Å². The topological polar surface area (TPSA) is 249 Å². The van der Waals surface area contributed by atoms with E-state index < -0.39 is 65.4 Å². The predicted molar refractivity (Wildman–Crippen MR) is 434 cm³/mol. The van der Waals surface area contributed by atoms with E-state index in [0.717, 1.165) is 109 Å². The van der Waals surface area contributed by atoms with Crippen molar-refractivity contribution in [1.82, 2.24) is 20.4 Å². The van der Waals surface area contributed by atoms with Gasteiger partial charge in [0.15, 0.2) is 0 Å². The Labute approximate surface area is 658 Å². The molecule has 0 spiro atoms. The van der Waals surface area contributed by atoms with Gasteiger partial charge in [-0.15, -0.1) is 0 Å². The zero-order chi connectivity index (χ0) is 80.1. The standard InChI is InChI=1S/C93H98N4O16/c1-12-19-57-24-32-63(33-25-57)110-73-48-67-77-68(88(101)96(87(67)100)71(46-52(2)3)85(98)94-61-20-15-13-16-21-61)50-75(112-65-36-28-59(29-37-65)41-44-108-92(105)55(8)9)81-82-76(113-66-38-30-60(31-39-66)42-45-109-93(106)56(10)11)51-70-78-69(89(102)97(90(70)103)72(47-53(4)5)86(99)95-62-22-17-14-18-23-62)49-74(80(84(78)82)79(73)83(77)81)111-64-34-26-58(27-35-64)40-43-107-91(104)54(6)7/h24-39,48-53,61-62,71-72H,6,8,10,12-23,40-47H2,1-5,7,9,11H3,(H,94,98)(H,95,99). The maximum Gasteiger partial charge on any atom is 0.333 e. The van der Waals surface area contributed by atoms with Gasteiger partial charge in [-0.2, -0.15) is 0 Å². The molecule has 4 aliphatic rings. The van der Waals surface area contributed by atoms with Gasteiger partial charge in [-0.3, -0.25) is 38.6 Å². The Morgan fingerprint density at radius 3 is 0.876 bits per heavy atom. The SMILES string of the molecule is C=C(C)C(=O)OCCc1ccc(Oc2cc3c4c(cc(Oc5ccc(CCC)cc5)c5c6c(Oc7ccc(CCOC(=O)C(=C)C)cc7)cc7c8c(cc(Oc9ccc(CCOC(=O)C(=C)C)cc9)c(c2c45)c86)C(=O)N(C(CC(C)C)C(=O)NC2CCCCC2)C7=O)C(=O)N(C(CC(C)C)C(=O)NC2CCCCC2)C3=O)cc1. The van der Waals surface area contributed by atoms with Crippen LogP contribution in [0.3, 0.4) is 0 Å². The Kier molecular flexibility index (Phi) is 24.3. The van der Waals surface area contributed by atoms with Gasteiger partial charge in [-0.1, -0.05) is 148 Å². The van der Waals surface area contributed by atoms with E-state index in [1.54, 1.807) is 81.4 Å². The summed E-state index contributed by atoms with van der Waals surface area (Å²) in [5.74, 6) is -4.67. The molecule has 2 saturated carbocycles. The second-order valence-electron chi connectivity index (χ2n) is 31.4. The molecule has 20 nitrogen and oxygen atoms in total. The van der Waals surface area contributed by atoms with Crippen LogP contribution < -0.4 is 29.6 Å². The van der Waals surface area contributed by atoms with Crippen LogP contribution in [-0.4, -0.2) is 107 Å². The number of nitrogens with one attached hydrogen (secondary N) is 2. The first-order chi connectivity index (χ1) is 54.3. The molecule has 2 unspecified atom stereocenters. The molecular formula is C93H98N4O16. The van der Waals surface area contributed by atoms with Crippen molar-refractivity contribution in [2.75, 3.05) is 19.8 Å². The lowest BCUT2D eigenvalue weighted by Gasteiger charge is -2.37. The Hall–Kier alpha value is -11.7. The molecule has 2 fully saturated rings. The van der Waals surface area contributed by atoms with Gasteiger partial charge in [0.25, 0.3) is 23.6 Å². The van der Waals surface area contributed by atoms with E-state index in [9.17, 15) is 14.4 Å². The summed E-state index contributed by atoms with van der Waals surface area (Å²) in [6.07, 6.45) is 11.5. The van der Waals surface area contributed by atoms with Gasteiger partial charge in [0.1, 0.15) is 58.1 Å². The van der Waals surface area contributed by atoms with Gasteiger partial charge in [0.2, 0.25) is 11.8 Å². The van der Waals surface area contributed by atoms with Gasteiger partial charge in [-0.05, 0) is 173 Å². The summed E-state index contributed by atoms with van der Waals surface area (Å²) in [5.41, 5.74) is 4.15. The largest absolute Gasteiger partial charge is 0.462 e. The number of carbonyl (C=O) groups is 9. The molecule has 0 aromatic heterocycles. The van der Waals surface area contributed by atoms with Crippen molar-refractivity contribution in [2.24, 2.45) is 11.8 Å². The maximum absolute atomic E-state index is 16.5. The second kappa shape index (κ2) is 34.5. The molecule has 13 rings (SSSR count). The third kappa shape index (κ3) is 17.2. The number of benzene rings is 9. The van der Waals surface area contributed by atoms with Crippen molar-refractivity contribution in [3.63, 3.8) is 0 Å². The van der Waals surface area contributed by atoms with Crippen LogP contribution in [0.2, 0.25) is 0 Å². The number of ether oxygens (including phenoxy) is 7. The smallest absolute Gasteiger partial charge is 0.333 e. The number of rotatable bonds is 32. The number of amides is 6. The molecule has 2 atom stereocenters. The molecule has 9 aromatic rings. The highest BCUT2D eigenvalue weighted by molar-refractivity contribution is 6.45. The molecule has 2 aliphatic heterocycles. The average molecular weight is 1530 g/mol. The van der Waals surface area contributed by atoms with Gasteiger partial charge < -0.3 is 43.8 Å². The number of hydrogen-bond donors (Lipinski definition) is 2. The minimum atomic E-state index is -1.29. The Morgan fingerprint density at radius 2 is 0.637 bits per heavy atom. The maximum atomic E-state index is 16.5. The third-order valence-corrected chi connectivity index (χ3v) is 21.5. The van der Waals surface area contributed by atoms with Crippen molar-refractivity contribution in [1.29, 1.82) is 0 Å². The van der Waals surface area contributed by atoms with E-state index >= 15 is 28.8 Å². The Bertz CT molecular complexity index is 5140. The molecule has 113 heavy (non-hydrogen) atoms. The van der Waals surface area contributed by atoms with E-state index in [4.69, 9.17) is 33.2 Å². The van der Waals surface area contributed by atoms with Crippen molar-refractivity contribution in [3.8, 4) is 46.0 Å². The number of nitrogens with zero attached hydrogens (tertiary/aromatic N) is 2. The predicted octanol–water partition coefficient (Wildman–Crippen LogP) is 18.8. The molecule has 0 bridgehead atoms. The molecule has 0 saturated heterocycles. The molecule has 9 aromatic carbocycles. The summed E-state index contributed by atoms with van der Waals surface area (Å²) in [6.45, 7) is 25.9. The molecule has 6 amide bonds. The van der Waals surface area contributed by atoms with Crippen LogP contribution in [0.5, 0.6) is 46.0 Å². The van der Waals surface area contributed by atoms with Crippen molar-refractivity contribution < 1.29 is 76.3 Å². The molecule has 0 radical (unpaired) electrons. The van der Waals surface area contributed by atoms with Crippen molar-refractivity contribution >= 4 is 96.4 Å². The van der Waals surface area contributed by atoms with Gasteiger partial charge in [0.05, 0.1) is 42.1 Å². The summed E-state index contributed by atoms with van der Waals surface area (Å²) in [4.78, 5) is 136. The van der Waals surface area contributed by atoms with Crippen molar-refractivity contribution in [3.05, 3.63) is 202 Å². The molecular weight excluding hydrogens is 1430 g/mol. The highest BCUT2D eigenvalue weighted by atomic mass is 16.5. The molecule has 2 heterocycles. The van der Waals surface area contributed by atoms with E-state index in [2.05, 4.69) is 37.3 Å². The van der Waals surface area contributed by atoms with Crippen LogP contribution in [0.15, 0.2) is 158 Å². The van der Waals surface area contributed by atoms with Crippen molar-refractivity contribution in [2.45, 2.75) is 189 Å². The fourth-order valence-corrected chi connectivity index (χ4v) is 15.9. The number of carbonyl (C=O) groups excluding carboxylic acids is 9. The second-order valence-corrected chi connectivity index (χ2v) is 31.4. The fourth-order valence-electron chi connectivity index (χ4n) is 15.9. The fraction of sp³-hybridized carbons (Fsp3) is 0.366. The first-order valence-corrected chi connectivity index (χ1v) is 39.6. The zero-order valence-electron chi connectivity index (χ0n) is 65.7. The van der Waals surface area contributed by atoms with E-state index in [-0.39, 0.29) is 179 Å². The van der Waals surface area contributed by atoms with Crippen LogP contribution in [-0.2, 0) is 63.9 Å².